The average molecular weight is 547 g/mol. The SMILES string of the molecule is CN=C(NCCCCCCC(=O)OC)NCc1ccc(C)cc1OCC1CCOC1.I. The van der Waals surface area contributed by atoms with Gasteiger partial charge in [0.1, 0.15) is 5.75 Å². The highest BCUT2D eigenvalue weighted by atomic mass is 127. The van der Waals surface area contributed by atoms with E-state index in [4.69, 9.17) is 9.47 Å². The number of ether oxygens (including phenoxy) is 3. The Morgan fingerprint density at radius 3 is 2.74 bits per heavy atom. The molecule has 1 aliphatic rings. The summed E-state index contributed by atoms with van der Waals surface area (Å²) in [6, 6.07) is 6.31. The van der Waals surface area contributed by atoms with E-state index in [1.807, 2.05) is 0 Å². The lowest BCUT2D eigenvalue weighted by Crippen LogP contribution is -2.37. The minimum atomic E-state index is -0.131. The smallest absolute Gasteiger partial charge is 0.305 e. The molecule has 1 fully saturated rings. The topological polar surface area (TPSA) is 81.2 Å². The fourth-order valence-electron chi connectivity index (χ4n) is 3.32. The molecule has 1 aromatic carbocycles. The molecule has 1 saturated heterocycles. The maximum absolute atomic E-state index is 11.1. The number of unbranched alkanes of at least 4 members (excludes halogenated alkanes) is 3. The van der Waals surface area contributed by atoms with Crippen LogP contribution in [0.25, 0.3) is 0 Å². The van der Waals surface area contributed by atoms with Gasteiger partial charge in [-0.25, -0.2) is 0 Å². The van der Waals surface area contributed by atoms with Crippen LogP contribution in [0.5, 0.6) is 5.75 Å². The fourth-order valence-corrected chi connectivity index (χ4v) is 3.32. The lowest BCUT2D eigenvalue weighted by atomic mass is 10.1. The number of rotatable bonds is 12. The van der Waals surface area contributed by atoms with Crippen LogP contribution in [0.2, 0.25) is 0 Å². The molecule has 0 aliphatic carbocycles. The molecule has 0 amide bonds. The van der Waals surface area contributed by atoms with Crippen molar-refractivity contribution in [3.63, 3.8) is 0 Å². The number of hydrogen-bond donors (Lipinski definition) is 2. The van der Waals surface area contributed by atoms with Gasteiger partial charge < -0.3 is 24.8 Å². The maximum atomic E-state index is 11.1. The Bertz CT molecular complexity index is 679. The highest BCUT2D eigenvalue weighted by molar-refractivity contribution is 14.0. The molecular weight excluding hydrogens is 509 g/mol. The van der Waals surface area contributed by atoms with Crippen LogP contribution >= 0.6 is 24.0 Å². The van der Waals surface area contributed by atoms with Crippen LogP contribution in [0.4, 0.5) is 0 Å². The number of carbonyl (C=O) groups excluding carboxylic acids is 1. The number of aliphatic imine (C=N–C) groups is 1. The van der Waals surface area contributed by atoms with E-state index in [0.717, 1.165) is 69.1 Å². The van der Waals surface area contributed by atoms with Crippen LogP contribution in [-0.4, -0.2) is 52.5 Å². The summed E-state index contributed by atoms with van der Waals surface area (Å²) in [5, 5.41) is 6.72. The lowest BCUT2D eigenvalue weighted by molar-refractivity contribution is -0.140. The van der Waals surface area contributed by atoms with Gasteiger partial charge in [-0.05, 0) is 37.8 Å². The van der Waals surface area contributed by atoms with Crippen LogP contribution in [0.1, 0.15) is 49.7 Å². The molecule has 2 N–H and O–H groups in total. The molecular formula is C23H38IN3O4. The Kier molecular flexibility index (Phi) is 14.3. The number of benzene rings is 1. The molecule has 1 heterocycles. The first-order valence-corrected chi connectivity index (χ1v) is 10.9. The minimum absolute atomic E-state index is 0. The van der Waals surface area contributed by atoms with E-state index in [9.17, 15) is 4.79 Å². The van der Waals surface area contributed by atoms with Gasteiger partial charge in [0.25, 0.3) is 0 Å². The molecule has 0 bridgehead atoms. The number of methoxy groups -OCH3 is 1. The third-order valence-corrected chi connectivity index (χ3v) is 5.22. The molecule has 2 rings (SSSR count). The first-order chi connectivity index (χ1) is 14.6. The number of hydrogen-bond acceptors (Lipinski definition) is 5. The van der Waals surface area contributed by atoms with Crippen LogP contribution in [0.3, 0.4) is 0 Å². The monoisotopic (exact) mass is 547 g/mol. The van der Waals surface area contributed by atoms with Gasteiger partial charge in [-0.2, -0.15) is 0 Å². The zero-order valence-electron chi connectivity index (χ0n) is 19.1. The lowest BCUT2D eigenvalue weighted by Gasteiger charge is -2.17. The molecule has 0 aromatic heterocycles. The Labute approximate surface area is 203 Å². The zero-order valence-corrected chi connectivity index (χ0v) is 21.4. The van der Waals surface area contributed by atoms with E-state index in [0.29, 0.717) is 25.5 Å². The Balaban J connectivity index is 0.00000480. The van der Waals surface area contributed by atoms with Crippen molar-refractivity contribution in [2.75, 3.05) is 40.5 Å². The van der Waals surface area contributed by atoms with Crippen molar-refractivity contribution in [1.82, 2.24) is 10.6 Å². The molecule has 1 unspecified atom stereocenters. The summed E-state index contributed by atoms with van der Waals surface area (Å²) in [6.07, 6.45) is 5.58. The third kappa shape index (κ3) is 11.0. The number of halogens is 1. The van der Waals surface area contributed by atoms with Gasteiger partial charge in [0.15, 0.2) is 5.96 Å². The van der Waals surface area contributed by atoms with Crippen molar-refractivity contribution in [3.8, 4) is 5.75 Å². The summed E-state index contributed by atoms with van der Waals surface area (Å²) in [5.74, 6) is 2.05. The summed E-state index contributed by atoms with van der Waals surface area (Å²) in [4.78, 5) is 15.4. The predicted molar refractivity (Wildman–Crippen MR) is 134 cm³/mol. The molecule has 0 saturated carbocycles. The molecule has 0 radical (unpaired) electrons. The molecule has 0 spiro atoms. The number of carbonyl (C=O) groups is 1. The number of guanidine groups is 1. The number of aryl methyl sites for hydroxylation is 1. The van der Waals surface area contributed by atoms with Crippen molar-refractivity contribution < 1.29 is 19.0 Å². The molecule has 1 atom stereocenters. The second-order valence-corrected chi connectivity index (χ2v) is 7.74. The van der Waals surface area contributed by atoms with Crippen LogP contribution < -0.4 is 15.4 Å². The predicted octanol–water partition coefficient (Wildman–Crippen LogP) is 3.82. The molecule has 7 nitrogen and oxygen atoms in total. The van der Waals surface area contributed by atoms with Crippen LogP contribution in [-0.2, 0) is 20.8 Å². The molecule has 8 heteroatoms. The highest BCUT2D eigenvalue weighted by Gasteiger charge is 2.17. The Morgan fingerprint density at radius 2 is 2.03 bits per heavy atom. The van der Waals surface area contributed by atoms with Gasteiger partial charge in [0.2, 0.25) is 0 Å². The number of nitrogens with one attached hydrogen (secondary N) is 2. The minimum Gasteiger partial charge on any atom is -0.493 e. The first-order valence-electron chi connectivity index (χ1n) is 10.9. The maximum Gasteiger partial charge on any atom is 0.305 e. The number of esters is 1. The van der Waals surface area contributed by atoms with Gasteiger partial charge in [-0.1, -0.05) is 25.0 Å². The van der Waals surface area contributed by atoms with E-state index in [2.05, 4.69) is 45.5 Å². The van der Waals surface area contributed by atoms with Gasteiger partial charge in [-0.3, -0.25) is 9.79 Å². The summed E-state index contributed by atoms with van der Waals surface area (Å²) < 4.78 is 16.2. The van der Waals surface area contributed by atoms with Gasteiger partial charge in [0, 0.05) is 44.6 Å². The number of nitrogens with zero attached hydrogens (tertiary/aromatic N) is 1. The van der Waals surface area contributed by atoms with Crippen molar-refractivity contribution in [3.05, 3.63) is 29.3 Å². The highest BCUT2D eigenvalue weighted by Crippen LogP contribution is 2.22. The second kappa shape index (κ2) is 16.1. The quantitative estimate of drug-likeness (QED) is 0.136. The molecule has 176 valence electrons. The average Bonchev–Trinajstić information content (AvgIpc) is 3.28. The Hall–Kier alpha value is -1.55. The third-order valence-electron chi connectivity index (χ3n) is 5.22. The van der Waals surface area contributed by atoms with Gasteiger partial charge in [0.05, 0.1) is 20.3 Å². The van der Waals surface area contributed by atoms with Gasteiger partial charge in [-0.15, -0.1) is 24.0 Å². The van der Waals surface area contributed by atoms with Crippen molar-refractivity contribution in [1.29, 1.82) is 0 Å². The second-order valence-electron chi connectivity index (χ2n) is 7.74. The van der Waals surface area contributed by atoms with E-state index < -0.39 is 0 Å². The van der Waals surface area contributed by atoms with Crippen molar-refractivity contribution >= 4 is 35.9 Å². The van der Waals surface area contributed by atoms with E-state index in [1.54, 1.807) is 7.05 Å². The largest absolute Gasteiger partial charge is 0.493 e. The summed E-state index contributed by atoms with van der Waals surface area (Å²) in [6.45, 7) is 5.89. The van der Waals surface area contributed by atoms with E-state index >= 15 is 0 Å². The van der Waals surface area contributed by atoms with Crippen molar-refractivity contribution in [2.24, 2.45) is 10.9 Å². The van der Waals surface area contributed by atoms with E-state index in [-0.39, 0.29) is 29.9 Å². The molecule has 1 aromatic rings. The standard InChI is InChI=1S/C23H37N3O4.HI/c1-18-9-10-20(21(14-18)30-17-19-11-13-29-16-19)15-26-23(24-2)25-12-7-5-4-6-8-22(27)28-3;/h9-10,14,19H,4-8,11-13,15-17H2,1-3H3,(H2,24,25,26);1H. The summed E-state index contributed by atoms with van der Waals surface area (Å²) in [5.41, 5.74) is 2.30. The molecule has 1 aliphatic heterocycles. The zero-order chi connectivity index (χ0) is 21.6. The van der Waals surface area contributed by atoms with Crippen LogP contribution in [0, 0.1) is 12.8 Å². The summed E-state index contributed by atoms with van der Waals surface area (Å²) in [7, 11) is 3.21. The van der Waals surface area contributed by atoms with E-state index in [1.165, 1.54) is 12.7 Å². The molecule has 31 heavy (non-hydrogen) atoms. The van der Waals surface area contributed by atoms with Crippen LogP contribution in [0.15, 0.2) is 23.2 Å². The Morgan fingerprint density at radius 1 is 1.23 bits per heavy atom. The van der Waals surface area contributed by atoms with Gasteiger partial charge >= 0.3 is 5.97 Å². The normalized spacial score (nSPS) is 15.8. The first kappa shape index (κ1) is 27.5. The summed E-state index contributed by atoms with van der Waals surface area (Å²) >= 11 is 0. The van der Waals surface area contributed by atoms with Crippen molar-refractivity contribution in [2.45, 2.75) is 52.0 Å². The fraction of sp³-hybridized carbons (Fsp3) is 0.652.